The van der Waals surface area contributed by atoms with Gasteiger partial charge < -0.3 is 10.4 Å². The first kappa shape index (κ1) is 20.1. The van der Waals surface area contributed by atoms with Crippen molar-refractivity contribution in [1.29, 1.82) is 0 Å². The highest BCUT2D eigenvalue weighted by Crippen LogP contribution is 2.32. The Balaban J connectivity index is 1.53. The fourth-order valence-corrected chi connectivity index (χ4v) is 4.02. The van der Waals surface area contributed by atoms with Crippen LogP contribution in [0.15, 0.2) is 53.4 Å². The van der Waals surface area contributed by atoms with E-state index in [4.69, 9.17) is 12.2 Å². The van der Waals surface area contributed by atoms with Crippen LogP contribution in [-0.2, 0) is 9.59 Å². The number of hydrogen-bond donors (Lipinski definition) is 2. The summed E-state index contributed by atoms with van der Waals surface area (Å²) < 4.78 is 0.511. The SMILES string of the molecule is Cc1ccc(C=C2SC(=S)N(CCCC(=O)Nc3cccc(O)c3)C2=O)cc1. The van der Waals surface area contributed by atoms with Crippen molar-refractivity contribution in [3.8, 4) is 5.75 Å². The Morgan fingerprint density at radius 2 is 2.00 bits per heavy atom. The summed E-state index contributed by atoms with van der Waals surface area (Å²) in [5, 5.41) is 12.2. The zero-order valence-corrected chi connectivity index (χ0v) is 17.0. The molecule has 0 aliphatic carbocycles. The van der Waals surface area contributed by atoms with E-state index in [1.165, 1.54) is 23.9 Å². The van der Waals surface area contributed by atoms with E-state index in [2.05, 4.69) is 5.32 Å². The molecule has 0 aromatic heterocycles. The van der Waals surface area contributed by atoms with Gasteiger partial charge in [-0.05, 0) is 37.1 Å². The van der Waals surface area contributed by atoms with Crippen LogP contribution >= 0.6 is 24.0 Å². The molecule has 0 saturated carbocycles. The van der Waals surface area contributed by atoms with Gasteiger partial charge in [-0.2, -0.15) is 0 Å². The van der Waals surface area contributed by atoms with E-state index in [1.54, 1.807) is 17.0 Å². The molecule has 5 nitrogen and oxygen atoms in total. The van der Waals surface area contributed by atoms with Gasteiger partial charge in [0.15, 0.2) is 0 Å². The number of hydrogen-bond acceptors (Lipinski definition) is 5. The molecule has 2 amide bonds. The Hall–Kier alpha value is -2.64. The molecule has 2 aromatic carbocycles. The van der Waals surface area contributed by atoms with Crippen LogP contribution in [0.5, 0.6) is 5.75 Å². The number of phenols is 1. The zero-order chi connectivity index (χ0) is 20.1. The summed E-state index contributed by atoms with van der Waals surface area (Å²) in [7, 11) is 0. The number of benzene rings is 2. The van der Waals surface area contributed by atoms with Crippen LogP contribution in [0.3, 0.4) is 0 Å². The van der Waals surface area contributed by atoms with Crippen LogP contribution < -0.4 is 5.32 Å². The second-order valence-electron chi connectivity index (χ2n) is 6.45. The predicted molar refractivity (Wildman–Crippen MR) is 117 cm³/mol. The first-order valence-corrected chi connectivity index (χ1v) is 10.1. The number of thiocarbonyl (C=S) groups is 1. The maximum atomic E-state index is 12.6. The number of carbonyl (C=O) groups excluding carboxylic acids is 2. The lowest BCUT2D eigenvalue weighted by atomic mass is 10.1. The van der Waals surface area contributed by atoms with Gasteiger partial charge in [0.05, 0.1) is 4.91 Å². The number of nitrogens with zero attached hydrogens (tertiary/aromatic N) is 1. The highest BCUT2D eigenvalue weighted by atomic mass is 32.2. The minimum atomic E-state index is -0.175. The maximum absolute atomic E-state index is 12.6. The van der Waals surface area contributed by atoms with E-state index in [-0.39, 0.29) is 24.0 Å². The minimum Gasteiger partial charge on any atom is -0.508 e. The zero-order valence-electron chi connectivity index (χ0n) is 15.3. The molecule has 144 valence electrons. The number of anilines is 1. The third-order valence-corrected chi connectivity index (χ3v) is 5.54. The summed E-state index contributed by atoms with van der Waals surface area (Å²) in [4.78, 5) is 26.8. The smallest absolute Gasteiger partial charge is 0.266 e. The van der Waals surface area contributed by atoms with Crippen molar-refractivity contribution in [2.75, 3.05) is 11.9 Å². The fourth-order valence-electron chi connectivity index (χ4n) is 2.71. The third-order valence-electron chi connectivity index (χ3n) is 4.16. The summed E-state index contributed by atoms with van der Waals surface area (Å²) in [5.74, 6) is -0.203. The van der Waals surface area contributed by atoms with Crippen molar-refractivity contribution < 1.29 is 14.7 Å². The molecule has 0 atom stereocenters. The summed E-state index contributed by atoms with van der Waals surface area (Å²) in [5.41, 5.74) is 2.65. The van der Waals surface area contributed by atoms with Gasteiger partial charge in [-0.25, -0.2) is 0 Å². The Morgan fingerprint density at radius 1 is 1.25 bits per heavy atom. The number of nitrogens with one attached hydrogen (secondary N) is 1. The van der Waals surface area contributed by atoms with Crippen LogP contribution in [0.2, 0.25) is 0 Å². The molecule has 0 spiro atoms. The Morgan fingerprint density at radius 3 is 2.71 bits per heavy atom. The van der Waals surface area contributed by atoms with Crippen molar-refractivity contribution in [2.45, 2.75) is 19.8 Å². The molecular weight excluding hydrogens is 392 g/mol. The van der Waals surface area contributed by atoms with Crippen molar-refractivity contribution in [1.82, 2.24) is 4.90 Å². The van der Waals surface area contributed by atoms with Crippen molar-refractivity contribution in [2.24, 2.45) is 0 Å². The average molecular weight is 413 g/mol. The monoisotopic (exact) mass is 412 g/mol. The van der Waals surface area contributed by atoms with Gasteiger partial charge >= 0.3 is 0 Å². The van der Waals surface area contributed by atoms with Crippen LogP contribution in [0.1, 0.15) is 24.0 Å². The van der Waals surface area contributed by atoms with E-state index < -0.39 is 0 Å². The van der Waals surface area contributed by atoms with Crippen molar-refractivity contribution in [3.63, 3.8) is 0 Å². The molecular formula is C21H20N2O3S2. The number of aryl methyl sites for hydroxylation is 1. The maximum Gasteiger partial charge on any atom is 0.266 e. The highest BCUT2D eigenvalue weighted by Gasteiger charge is 2.31. The van der Waals surface area contributed by atoms with E-state index in [0.29, 0.717) is 27.9 Å². The number of phenolic OH excluding ortho intramolecular Hbond substituents is 1. The number of thioether (sulfide) groups is 1. The lowest BCUT2D eigenvalue weighted by Crippen LogP contribution is -2.29. The number of amides is 2. The van der Waals surface area contributed by atoms with Crippen molar-refractivity contribution in [3.05, 3.63) is 64.6 Å². The molecule has 2 N–H and O–H groups in total. The van der Waals surface area contributed by atoms with Gasteiger partial charge in [0.25, 0.3) is 5.91 Å². The Kier molecular flexibility index (Phi) is 6.49. The van der Waals surface area contributed by atoms with Gasteiger partial charge in [0.2, 0.25) is 5.91 Å². The summed E-state index contributed by atoms with van der Waals surface area (Å²) in [6.07, 6.45) is 2.59. The van der Waals surface area contributed by atoms with E-state index >= 15 is 0 Å². The number of rotatable bonds is 6. The second kappa shape index (κ2) is 9.03. The predicted octanol–water partition coefficient (Wildman–Crippen LogP) is 4.32. The molecule has 0 unspecified atom stereocenters. The van der Waals surface area contributed by atoms with Gasteiger partial charge in [-0.3, -0.25) is 14.5 Å². The van der Waals surface area contributed by atoms with Gasteiger partial charge in [-0.1, -0.05) is 59.9 Å². The lowest BCUT2D eigenvalue weighted by Gasteiger charge is -2.14. The molecule has 2 aromatic rings. The van der Waals surface area contributed by atoms with Gasteiger partial charge in [-0.15, -0.1) is 0 Å². The third kappa shape index (κ3) is 5.21. The van der Waals surface area contributed by atoms with Crippen LogP contribution in [0.25, 0.3) is 6.08 Å². The molecule has 0 radical (unpaired) electrons. The molecule has 3 rings (SSSR count). The van der Waals surface area contributed by atoms with E-state index in [1.807, 2.05) is 37.3 Å². The number of carbonyl (C=O) groups is 2. The Labute approximate surface area is 173 Å². The molecule has 1 saturated heterocycles. The minimum absolute atomic E-state index is 0.0933. The normalized spacial score (nSPS) is 15.3. The number of aromatic hydroxyl groups is 1. The first-order valence-electron chi connectivity index (χ1n) is 8.83. The van der Waals surface area contributed by atoms with Gasteiger partial charge in [0.1, 0.15) is 10.1 Å². The largest absolute Gasteiger partial charge is 0.508 e. The lowest BCUT2D eigenvalue weighted by molar-refractivity contribution is -0.122. The standard InChI is InChI=1S/C21H20N2O3S2/c1-14-7-9-15(10-8-14)12-18-20(26)23(21(27)28-18)11-3-6-19(25)22-16-4-2-5-17(24)13-16/h2,4-5,7-10,12-13,24H,3,6,11H2,1H3,(H,22,25). The van der Waals surface area contributed by atoms with Crippen LogP contribution in [-0.4, -0.2) is 32.7 Å². The molecule has 1 fully saturated rings. The molecule has 1 heterocycles. The molecule has 0 bridgehead atoms. The average Bonchev–Trinajstić information content (AvgIpc) is 2.91. The fraction of sp³-hybridized carbons (Fsp3) is 0.190. The topological polar surface area (TPSA) is 69.6 Å². The summed E-state index contributed by atoms with van der Waals surface area (Å²) in [6.45, 7) is 2.41. The van der Waals surface area contributed by atoms with Crippen LogP contribution in [0.4, 0.5) is 5.69 Å². The van der Waals surface area contributed by atoms with Crippen molar-refractivity contribution >= 4 is 51.9 Å². The van der Waals surface area contributed by atoms with Crippen LogP contribution in [0, 0.1) is 6.92 Å². The second-order valence-corrected chi connectivity index (χ2v) is 8.12. The van der Waals surface area contributed by atoms with E-state index in [9.17, 15) is 14.7 Å². The Bertz CT molecular complexity index is 939. The summed E-state index contributed by atoms with van der Waals surface area (Å²) >= 11 is 6.61. The molecule has 1 aliphatic rings. The highest BCUT2D eigenvalue weighted by molar-refractivity contribution is 8.26. The quantitative estimate of drug-likeness (QED) is 0.546. The molecule has 1 aliphatic heterocycles. The van der Waals surface area contributed by atoms with E-state index in [0.717, 1.165) is 11.1 Å². The van der Waals surface area contributed by atoms with Gasteiger partial charge in [0, 0.05) is 24.7 Å². The summed E-state index contributed by atoms with van der Waals surface area (Å²) in [6, 6.07) is 14.3. The molecule has 28 heavy (non-hydrogen) atoms. The molecule has 7 heteroatoms. The first-order chi connectivity index (χ1) is 13.4.